The zero-order valence-corrected chi connectivity index (χ0v) is 14.9. The molecule has 0 aliphatic rings. The second-order valence-corrected chi connectivity index (χ2v) is 8.09. The molecule has 0 atom stereocenters. The van der Waals surface area contributed by atoms with Gasteiger partial charge in [-0.05, 0) is 29.1 Å². The van der Waals surface area contributed by atoms with E-state index in [1.54, 1.807) is 48.0 Å². The number of rotatable bonds is 6. The van der Waals surface area contributed by atoms with Crippen molar-refractivity contribution in [2.45, 2.75) is 12.3 Å². The van der Waals surface area contributed by atoms with E-state index in [9.17, 15) is 8.42 Å². The summed E-state index contributed by atoms with van der Waals surface area (Å²) < 4.78 is 27.1. The third kappa shape index (κ3) is 4.39. The van der Waals surface area contributed by atoms with Gasteiger partial charge in [-0.15, -0.1) is 0 Å². The van der Waals surface area contributed by atoms with Crippen molar-refractivity contribution >= 4 is 33.0 Å². The molecule has 8 heteroatoms. The zero-order chi connectivity index (χ0) is 17.0. The van der Waals surface area contributed by atoms with Crippen LogP contribution in [-0.4, -0.2) is 18.4 Å². The van der Waals surface area contributed by atoms with Crippen molar-refractivity contribution in [1.29, 1.82) is 0 Å². The van der Waals surface area contributed by atoms with Crippen molar-refractivity contribution < 1.29 is 8.42 Å². The molecule has 0 unspecified atom stereocenters. The molecular weight excluding hydrogens is 366 g/mol. The molecule has 1 N–H and O–H groups in total. The van der Waals surface area contributed by atoms with E-state index >= 15 is 0 Å². The molecule has 0 radical (unpaired) electrons. The normalized spacial score (nSPS) is 11.5. The van der Waals surface area contributed by atoms with E-state index in [0.29, 0.717) is 22.0 Å². The number of nitrogens with one attached hydrogen (secondary N) is 1. The third-order valence-corrected chi connectivity index (χ3v) is 5.53. The molecule has 2 aromatic heterocycles. The fraction of sp³-hybridized carbons (Fsp3) is 0.125. The number of thiophene rings is 1. The summed E-state index contributed by atoms with van der Waals surface area (Å²) in [6, 6.07) is 8.66. The molecule has 0 fully saturated rings. The summed E-state index contributed by atoms with van der Waals surface area (Å²) in [6.07, 6.45) is 3.15. The van der Waals surface area contributed by atoms with Gasteiger partial charge in [0.15, 0.2) is 0 Å². The lowest BCUT2D eigenvalue weighted by Gasteiger charge is -2.09. The highest BCUT2D eigenvalue weighted by atomic mass is 35.5. The van der Waals surface area contributed by atoms with Crippen LogP contribution >= 0.6 is 22.9 Å². The Hall–Kier alpha value is -1.80. The summed E-state index contributed by atoms with van der Waals surface area (Å²) >= 11 is 7.36. The summed E-state index contributed by atoms with van der Waals surface area (Å²) in [5.74, 6) is -0.113. The third-order valence-electron chi connectivity index (χ3n) is 3.30. The lowest BCUT2D eigenvalue weighted by atomic mass is 10.2. The fourth-order valence-corrected chi connectivity index (χ4v) is 4.02. The summed E-state index contributed by atoms with van der Waals surface area (Å²) in [7, 11) is -3.49. The Balaban J connectivity index is 1.72. The Morgan fingerprint density at radius 3 is 2.54 bits per heavy atom. The monoisotopic (exact) mass is 379 g/mol. The van der Waals surface area contributed by atoms with Gasteiger partial charge in [-0.25, -0.2) is 13.1 Å². The minimum atomic E-state index is -3.49. The van der Waals surface area contributed by atoms with E-state index in [1.807, 2.05) is 16.8 Å². The Bertz CT molecular complexity index is 911. The van der Waals surface area contributed by atoms with Crippen LogP contribution in [0.2, 0.25) is 5.02 Å². The van der Waals surface area contributed by atoms with E-state index in [0.717, 1.165) is 5.56 Å². The van der Waals surface area contributed by atoms with Crippen LogP contribution < -0.4 is 4.72 Å². The number of aromatic nitrogens is 2. The van der Waals surface area contributed by atoms with Crippen LogP contribution in [0.15, 0.2) is 53.5 Å². The molecule has 0 spiro atoms. The van der Waals surface area contributed by atoms with E-state index in [1.165, 1.54) is 0 Å². The maximum atomic E-state index is 12.3. The van der Waals surface area contributed by atoms with Crippen molar-refractivity contribution in [2.75, 3.05) is 0 Å². The Morgan fingerprint density at radius 1 is 1.08 bits per heavy atom. The molecule has 124 valence electrons. The van der Waals surface area contributed by atoms with Crippen LogP contribution in [0.1, 0.15) is 11.3 Å². The Kier molecular flexibility index (Phi) is 5.25. The summed E-state index contributed by atoms with van der Waals surface area (Å²) in [4.78, 5) is 8.56. The molecule has 24 heavy (non-hydrogen) atoms. The lowest BCUT2D eigenvalue weighted by molar-refractivity contribution is 0.579. The first-order valence-corrected chi connectivity index (χ1v) is 10.0. The molecule has 5 nitrogen and oxygen atoms in total. The average molecular weight is 380 g/mol. The minimum absolute atomic E-state index is 0.0922. The van der Waals surface area contributed by atoms with E-state index < -0.39 is 10.0 Å². The molecule has 3 aromatic rings. The maximum Gasteiger partial charge on any atom is 0.216 e. The first kappa shape index (κ1) is 17.0. The van der Waals surface area contributed by atoms with E-state index in [2.05, 4.69) is 14.7 Å². The SMILES string of the molecule is O=S(=O)(Cc1ccc(Cl)cc1)NCc1nccnc1-c1ccsc1. The van der Waals surface area contributed by atoms with Gasteiger partial charge in [0.05, 0.1) is 23.7 Å². The highest BCUT2D eigenvalue weighted by Gasteiger charge is 2.14. The van der Waals surface area contributed by atoms with Crippen molar-refractivity contribution in [3.05, 3.63) is 69.8 Å². The first-order chi connectivity index (χ1) is 11.5. The van der Waals surface area contributed by atoms with Crippen molar-refractivity contribution in [3.63, 3.8) is 0 Å². The number of hydrogen-bond acceptors (Lipinski definition) is 5. The molecule has 3 rings (SSSR count). The highest BCUT2D eigenvalue weighted by molar-refractivity contribution is 7.88. The first-order valence-electron chi connectivity index (χ1n) is 7.08. The van der Waals surface area contributed by atoms with Crippen LogP contribution in [0.25, 0.3) is 11.3 Å². The quantitative estimate of drug-likeness (QED) is 0.711. The molecule has 1 aromatic carbocycles. The van der Waals surface area contributed by atoms with Gasteiger partial charge >= 0.3 is 0 Å². The predicted molar refractivity (Wildman–Crippen MR) is 96.3 cm³/mol. The van der Waals surface area contributed by atoms with E-state index in [4.69, 9.17) is 11.6 Å². The number of nitrogens with zero attached hydrogens (tertiary/aromatic N) is 2. The topological polar surface area (TPSA) is 72.0 Å². The maximum absolute atomic E-state index is 12.3. The second kappa shape index (κ2) is 7.40. The predicted octanol–water partition coefficient (Wildman–Crippen LogP) is 3.48. The average Bonchev–Trinajstić information content (AvgIpc) is 3.10. The smallest absolute Gasteiger partial charge is 0.216 e. The van der Waals surface area contributed by atoms with Crippen LogP contribution in [0.5, 0.6) is 0 Å². The molecule has 2 heterocycles. The second-order valence-electron chi connectivity index (χ2n) is 5.07. The Labute approximate surface area is 149 Å². The zero-order valence-electron chi connectivity index (χ0n) is 12.5. The van der Waals surface area contributed by atoms with Crippen LogP contribution in [0, 0.1) is 0 Å². The van der Waals surface area contributed by atoms with Crippen molar-refractivity contribution in [2.24, 2.45) is 0 Å². The standard InChI is InChI=1S/C16H14ClN3O2S2/c17-14-3-1-12(2-4-14)11-24(21,22)20-9-15-16(19-7-6-18-15)13-5-8-23-10-13/h1-8,10,20H,9,11H2. The minimum Gasteiger partial charge on any atom is -0.256 e. The van der Waals surface area contributed by atoms with Gasteiger partial charge in [-0.3, -0.25) is 9.97 Å². The summed E-state index contributed by atoms with van der Waals surface area (Å²) in [5.41, 5.74) is 2.88. The molecule has 0 aliphatic carbocycles. The number of halogens is 1. The van der Waals surface area contributed by atoms with Crippen LogP contribution in [0.4, 0.5) is 0 Å². The highest BCUT2D eigenvalue weighted by Crippen LogP contribution is 2.22. The lowest BCUT2D eigenvalue weighted by Crippen LogP contribution is -2.25. The fourth-order valence-electron chi connectivity index (χ4n) is 2.17. The molecule has 0 amide bonds. The molecule has 0 saturated heterocycles. The van der Waals surface area contributed by atoms with Gasteiger partial charge in [0.25, 0.3) is 0 Å². The van der Waals surface area contributed by atoms with Gasteiger partial charge in [-0.2, -0.15) is 11.3 Å². The molecule has 0 saturated carbocycles. The van der Waals surface area contributed by atoms with Crippen LogP contribution in [-0.2, 0) is 22.3 Å². The van der Waals surface area contributed by atoms with Gasteiger partial charge in [-0.1, -0.05) is 23.7 Å². The molecule has 0 aliphatic heterocycles. The Morgan fingerprint density at radius 2 is 1.83 bits per heavy atom. The van der Waals surface area contributed by atoms with Crippen molar-refractivity contribution in [1.82, 2.24) is 14.7 Å². The number of sulfonamides is 1. The van der Waals surface area contributed by atoms with Crippen molar-refractivity contribution in [3.8, 4) is 11.3 Å². The number of hydrogen-bond donors (Lipinski definition) is 1. The largest absolute Gasteiger partial charge is 0.256 e. The van der Waals surface area contributed by atoms with Gasteiger partial charge in [0.2, 0.25) is 10.0 Å². The van der Waals surface area contributed by atoms with Gasteiger partial charge in [0, 0.05) is 28.4 Å². The summed E-state index contributed by atoms with van der Waals surface area (Å²) in [5, 5.41) is 4.47. The van der Waals surface area contributed by atoms with Gasteiger partial charge < -0.3 is 0 Å². The number of benzene rings is 1. The summed E-state index contributed by atoms with van der Waals surface area (Å²) in [6.45, 7) is 0.0922. The van der Waals surface area contributed by atoms with Crippen LogP contribution in [0.3, 0.4) is 0 Å². The molecular formula is C16H14ClN3O2S2. The molecule has 0 bridgehead atoms. The van der Waals surface area contributed by atoms with E-state index in [-0.39, 0.29) is 12.3 Å². The van der Waals surface area contributed by atoms with Gasteiger partial charge in [0.1, 0.15) is 0 Å².